The minimum Gasteiger partial charge on any atom is -0.475 e. The molecule has 5 aromatic rings. The molecule has 0 aliphatic heterocycles. The molecule has 6 rings (SSSR count). The maximum Gasteiger partial charge on any atom is 0.490 e. The molecule has 4 aromatic carbocycles. The van der Waals surface area contributed by atoms with Gasteiger partial charge in [-0.3, -0.25) is 0 Å². The number of imidazole rings is 1. The number of alkyl halides is 3. The number of aromatic nitrogens is 2. The fourth-order valence-corrected chi connectivity index (χ4v) is 5.39. The predicted octanol–water partition coefficient (Wildman–Crippen LogP) is 8.50. The molecule has 40 heavy (non-hydrogen) atoms. The lowest BCUT2D eigenvalue weighted by molar-refractivity contribution is -0.192. The standard InChI is InChI=1S/C29H22Cl2N2.C2HF3O2/c30-24-10-5-19(6-11-24)29(20-7-12-25(31)13-8-20)23-9-14-27-28(17-23)33(18-32-27)26-15-21-3-1-2-4-22(21)16-26;3-2(4,5)1(6)7/h1-14,17-18,26,29H,15-16H2;(H,6,7). The van der Waals surface area contributed by atoms with Crippen LogP contribution in [-0.2, 0) is 17.6 Å². The molecule has 0 saturated carbocycles. The summed E-state index contributed by atoms with van der Waals surface area (Å²) in [4.78, 5) is 13.6. The van der Waals surface area contributed by atoms with Crippen LogP contribution in [0.25, 0.3) is 11.0 Å². The van der Waals surface area contributed by atoms with Gasteiger partial charge in [-0.05, 0) is 77.1 Å². The average molecular weight is 583 g/mol. The number of benzene rings is 4. The van der Waals surface area contributed by atoms with E-state index in [1.54, 1.807) is 0 Å². The smallest absolute Gasteiger partial charge is 0.475 e. The van der Waals surface area contributed by atoms with E-state index in [4.69, 9.17) is 38.1 Å². The number of hydrogen-bond donors (Lipinski definition) is 1. The summed E-state index contributed by atoms with van der Waals surface area (Å²) in [5.41, 5.74) is 8.71. The Morgan fingerprint density at radius 3 is 1.77 bits per heavy atom. The maximum absolute atomic E-state index is 10.6. The maximum atomic E-state index is 10.6. The van der Waals surface area contributed by atoms with Crippen molar-refractivity contribution in [2.75, 3.05) is 0 Å². The van der Waals surface area contributed by atoms with Gasteiger partial charge in [0.1, 0.15) is 0 Å². The highest BCUT2D eigenvalue weighted by molar-refractivity contribution is 6.30. The zero-order valence-corrected chi connectivity index (χ0v) is 22.5. The monoisotopic (exact) mass is 582 g/mol. The second-order valence-electron chi connectivity index (χ2n) is 9.57. The van der Waals surface area contributed by atoms with E-state index in [1.807, 2.05) is 30.6 Å². The number of aliphatic carboxylic acids is 1. The molecule has 1 aliphatic carbocycles. The SMILES string of the molecule is Clc1ccc(C(c2ccc(Cl)cc2)c2ccc3ncn(C4Cc5ccccc5C4)c3c2)cc1.O=C(O)C(F)(F)F. The van der Waals surface area contributed by atoms with Gasteiger partial charge in [0.15, 0.2) is 0 Å². The molecule has 0 atom stereocenters. The first-order valence-electron chi connectivity index (χ1n) is 12.4. The second kappa shape index (κ2) is 11.4. The molecule has 0 spiro atoms. The van der Waals surface area contributed by atoms with Gasteiger partial charge < -0.3 is 9.67 Å². The lowest BCUT2D eigenvalue weighted by Gasteiger charge is -2.20. The number of fused-ring (bicyclic) bond motifs is 2. The molecule has 204 valence electrons. The van der Waals surface area contributed by atoms with Crippen LogP contribution in [0, 0.1) is 0 Å². The Labute approximate surface area is 238 Å². The number of carboxylic acids is 1. The summed E-state index contributed by atoms with van der Waals surface area (Å²) in [7, 11) is 0. The third-order valence-electron chi connectivity index (χ3n) is 7.00. The fourth-order valence-electron chi connectivity index (χ4n) is 5.13. The minimum absolute atomic E-state index is 0.0769. The highest BCUT2D eigenvalue weighted by atomic mass is 35.5. The first-order valence-corrected chi connectivity index (χ1v) is 13.2. The van der Waals surface area contributed by atoms with Crippen LogP contribution in [0.4, 0.5) is 13.2 Å². The summed E-state index contributed by atoms with van der Waals surface area (Å²) >= 11 is 12.4. The average Bonchev–Trinajstić information content (AvgIpc) is 3.54. The highest BCUT2D eigenvalue weighted by Crippen LogP contribution is 2.37. The van der Waals surface area contributed by atoms with Crippen molar-refractivity contribution in [1.82, 2.24) is 9.55 Å². The van der Waals surface area contributed by atoms with Gasteiger partial charge in [-0.2, -0.15) is 13.2 Å². The number of carbonyl (C=O) groups is 1. The van der Waals surface area contributed by atoms with E-state index >= 15 is 0 Å². The molecule has 1 heterocycles. The van der Waals surface area contributed by atoms with Gasteiger partial charge in [-0.25, -0.2) is 9.78 Å². The number of nitrogens with zero attached hydrogens (tertiary/aromatic N) is 2. The molecule has 0 radical (unpaired) electrons. The first kappa shape index (κ1) is 27.7. The van der Waals surface area contributed by atoms with Crippen LogP contribution in [0.1, 0.15) is 39.8 Å². The zero-order valence-electron chi connectivity index (χ0n) is 20.9. The van der Waals surface area contributed by atoms with Crippen molar-refractivity contribution in [3.63, 3.8) is 0 Å². The Morgan fingerprint density at radius 2 is 1.30 bits per heavy atom. The number of carboxylic acid groups (broad SMARTS) is 1. The van der Waals surface area contributed by atoms with E-state index in [-0.39, 0.29) is 5.92 Å². The molecule has 1 N–H and O–H groups in total. The molecule has 0 unspecified atom stereocenters. The Balaban J connectivity index is 0.000000411. The summed E-state index contributed by atoms with van der Waals surface area (Å²) in [6, 6.07) is 32.1. The van der Waals surface area contributed by atoms with Crippen LogP contribution in [-0.4, -0.2) is 26.8 Å². The Hall–Kier alpha value is -3.81. The molecular weight excluding hydrogens is 560 g/mol. The van der Waals surface area contributed by atoms with Crippen LogP contribution < -0.4 is 0 Å². The molecule has 0 bridgehead atoms. The minimum atomic E-state index is -5.08. The van der Waals surface area contributed by atoms with Crippen molar-refractivity contribution in [2.45, 2.75) is 31.0 Å². The van der Waals surface area contributed by atoms with E-state index in [0.717, 1.165) is 28.4 Å². The number of halogens is 5. The molecule has 0 saturated heterocycles. The van der Waals surface area contributed by atoms with Crippen molar-refractivity contribution in [3.05, 3.63) is 135 Å². The summed E-state index contributed by atoms with van der Waals surface area (Å²) in [5.74, 6) is -2.68. The molecule has 0 fully saturated rings. The quantitative estimate of drug-likeness (QED) is 0.216. The number of hydrogen-bond acceptors (Lipinski definition) is 2. The lowest BCUT2D eigenvalue weighted by Crippen LogP contribution is -2.21. The molecule has 1 aromatic heterocycles. The van der Waals surface area contributed by atoms with Crippen LogP contribution in [0.3, 0.4) is 0 Å². The van der Waals surface area contributed by atoms with Crippen molar-refractivity contribution in [3.8, 4) is 0 Å². The van der Waals surface area contributed by atoms with Gasteiger partial charge in [0.05, 0.1) is 17.4 Å². The fraction of sp³-hybridized carbons (Fsp3) is 0.161. The van der Waals surface area contributed by atoms with Gasteiger partial charge in [0, 0.05) is 22.0 Å². The normalized spacial score (nSPS) is 13.2. The molecule has 0 amide bonds. The zero-order chi connectivity index (χ0) is 28.4. The third kappa shape index (κ3) is 6.01. The van der Waals surface area contributed by atoms with Gasteiger partial charge in [0.2, 0.25) is 0 Å². The predicted molar refractivity (Wildman–Crippen MR) is 150 cm³/mol. The Bertz CT molecular complexity index is 1580. The summed E-state index contributed by atoms with van der Waals surface area (Å²) in [6.45, 7) is 0. The second-order valence-corrected chi connectivity index (χ2v) is 10.4. The summed E-state index contributed by atoms with van der Waals surface area (Å²) in [6.07, 6.45) is -0.988. The van der Waals surface area contributed by atoms with Crippen LogP contribution in [0.5, 0.6) is 0 Å². The molecular formula is C31H23Cl2F3N2O2. The Kier molecular flexibility index (Phi) is 7.88. The molecule has 9 heteroatoms. The van der Waals surface area contributed by atoms with Gasteiger partial charge >= 0.3 is 12.1 Å². The van der Waals surface area contributed by atoms with Crippen LogP contribution in [0.15, 0.2) is 97.3 Å². The van der Waals surface area contributed by atoms with Crippen molar-refractivity contribution < 1.29 is 23.1 Å². The lowest BCUT2D eigenvalue weighted by atomic mass is 9.85. The number of rotatable bonds is 4. The van der Waals surface area contributed by atoms with Gasteiger partial charge in [-0.15, -0.1) is 0 Å². The van der Waals surface area contributed by atoms with E-state index in [9.17, 15) is 13.2 Å². The largest absolute Gasteiger partial charge is 0.490 e. The Morgan fingerprint density at radius 1 is 0.825 bits per heavy atom. The summed E-state index contributed by atoms with van der Waals surface area (Å²) in [5, 5.41) is 8.60. The van der Waals surface area contributed by atoms with E-state index in [0.29, 0.717) is 6.04 Å². The molecule has 4 nitrogen and oxygen atoms in total. The third-order valence-corrected chi connectivity index (χ3v) is 7.51. The van der Waals surface area contributed by atoms with E-state index in [2.05, 4.69) is 71.3 Å². The van der Waals surface area contributed by atoms with Gasteiger partial charge in [0.25, 0.3) is 0 Å². The molecule has 1 aliphatic rings. The van der Waals surface area contributed by atoms with Crippen molar-refractivity contribution in [1.29, 1.82) is 0 Å². The van der Waals surface area contributed by atoms with Gasteiger partial charge in [-0.1, -0.05) is 77.8 Å². The van der Waals surface area contributed by atoms with E-state index in [1.165, 1.54) is 33.3 Å². The first-order chi connectivity index (χ1) is 19.1. The topological polar surface area (TPSA) is 55.1 Å². The summed E-state index contributed by atoms with van der Waals surface area (Å²) < 4.78 is 34.1. The van der Waals surface area contributed by atoms with E-state index < -0.39 is 12.1 Å². The van der Waals surface area contributed by atoms with Crippen molar-refractivity contribution in [2.24, 2.45) is 0 Å². The van der Waals surface area contributed by atoms with Crippen molar-refractivity contribution >= 4 is 40.2 Å². The van der Waals surface area contributed by atoms with Crippen LogP contribution in [0.2, 0.25) is 10.0 Å². The van der Waals surface area contributed by atoms with Crippen LogP contribution >= 0.6 is 23.2 Å². The highest BCUT2D eigenvalue weighted by Gasteiger charge is 2.38.